The molecular weight excluding hydrogens is 394 g/mol. The minimum Gasteiger partial charge on any atom is -0.456 e. The lowest BCUT2D eigenvalue weighted by Gasteiger charge is -2.41. The van der Waals surface area contributed by atoms with E-state index in [4.69, 9.17) is 9.47 Å². The molecule has 2 aromatic heterocycles. The SMILES string of the molecule is COC(=O)N1c2ccc(-c3cnn(C4CC4)c3)cc2N(COc2ccccn2)C[C@@H]1C. The van der Waals surface area contributed by atoms with Gasteiger partial charge in [-0.2, -0.15) is 5.10 Å². The van der Waals surface area contributed by atoms with Crippen LogP contribution in [0.1, 0.15) is 25.8 Å². The van der Waals surface area contributed by atoms with E-state index in [1.807, 2.05) is 48.1 Å². The minimum atomic E-state index is -0.367. The van der Waals surface area contributed by atoms with Crippen molar-refractivity contribution in [1.29, 1.82) is 0 Å². The smallest absolute Gasteiger partial charge is 0.414 e. The van der Waals surface area contributed by atoms with Gasteiger partial charge in [0.1, 0.15) is 0 Å². The predicted octanol–water partition coefficient (Wildman–Crippen LogP) is 4.10. The first-order valence-corrected chi connectivity index (χ1v) is 10.5. The summed E-state index contributed by atoms with van der Waals surface area (Å²) in [6.45, 7) is 2.94. The third kappa shape index (κ3) is 3.81. The van der Waals surface area contributed by atoms with E-state index in [9.17, 15) is 4.79 Å². The molecule has 8 heteroatoms. The van der Waals surface area contributed by atoms with Gasteiger partial charge >= 0.3 is 6.09 Å². The van der Waals surface area contributed by atoms with Crippen LogP contribution in [0.3, 0.4) is 0 Å². The third-order valence-corrected chi connectivity index (χ3v) is 5.73. The number of methoxy groups -OCH3 is 1. The second kappa shape index (κ2) is 7.94. The summed E-state index contributed by atoms with van der Waals surface area (Å²) < 4.78 is 13.0. The Morgan fingerprint density at radius 2 is 2.03 bits per heavy atom. The van der Waals surface area contributed by atoms with Gasteiger partial charge in [-0.3, -0.25) is 9.58 Å². The molecule has 0 N–H and O–H groups in total. The molecule has 0 unspecified atom stereocenters. The molecule has 0 spiro atoms. The van der Waals surface area contributed by atoms with Gasteiger partial charge in [-0.1, -0.05) is 12.1 Å². The van der Waals surface area contributed by atoms with Crippen molar-refractivity contribution in [1.82, 2.24) is 14.8 Å². The Kier molecular flexibility index (Phi) is 4.97. The summed E-state index contributed by atoms with van der Waals surface area (Å²) in [5, 5.41) is 4.52. The maximum absolute atomic E-state index is 12.5. The topological polar surface area (TPSA) is 72.7 Å². The van der Waals surface area contributed by atoms with Crippen molar-refractivity contribution in [2.24, 2.45) is 0 Å². The Morgan fingerprint density at radius 3 is 2.77 bits per heavy atom. The number of fused-ring (bicyclic) bond motifs is 1. The fraction of sp³-hybridized carbons (Fsp3) is 0.348. The monoisotopic (exact) mass is 419 g/mol. The highest BCUT2D eigenvalue weighted by Crippen LogP contribution is 2.40. The van der Waals surface area contributed by atoms with Gasteiger partial charge in [-0.15, -0.1) is 0 Å². The highest BCUT2D eigenvalue weighted by Gasteiger charge is 2.33. The Hall–Kier alpha value is -3.55. The van der Waals surface area contributed by atoms with Crippen molar-refractivity contribution in [3.05, 3.63) is 55.0 Å². The molecule has 31 heavy (non-hydrogen) atoms. The van der Waals surface area contributed by atoms with Gasteiger partial charge in [0.05, 0.1) is 36.8 Å². The number of rotatable bonds is 5. The second-order valence-electron chi connectivity index (χ2n) is 8.00. The maximum atomic E-state index is 12.5. The number of ether oxygens (including phenoxy) is 2. The van der Waals surface area contributed by atoms with E-state index in [2.05, 4.69) is 27.2 Å². The molecule has 1 amide bonds. The summed E-state index contributed by atoms with van der Waals surface area (Å²) in [6, 6.07) is 12.1. The Bertz CT molecular complexity index is 1080. The number of benzene rings is 1. The van der Waals surface area contributed by atoms with E-state index in [0.29, 0.717) is 25.2 Å². The molecule has 1 atom stereocenters. The standard InChI is InChI=1S/C23H25N5O3/c1-16-13-26(15-31-22-5-3-4-10-24-22)21-11-17(6-9-20(21)28(16)23(29)30-2)18-12-25-27(14-18)19-7-8-19/h3-6,9-12,14,16,19H,7-8,13,15H2,1-2H3/t16-/m0/s1. The summed E-state index contributed by atoms with van der Waals surface area (Å²) in [6.07, 6.45) is 7.71. The molecule has 8 nitrogen and oxygen atoms in total. The van der Waals surface area contributed by atoms with E-state index >= 15 is 0 Å². The van der Waals surface area contributed by atoms with Gasteiger partial charge in [0.15, 0.2) is 6.73 Å². The second-order valence-corrected chi connectivity index (χ2v) is 8.00. The normalized spacial score (nSPS) is 17.9. The van der Waals surface area contributed by atoms with Gasteiger partial charge in [0.2, 0.25) is 5.88 Å². The first-order chi connectivity index (χ1) is 15.1. The zero-order valence-corrected chi connectivity index (χ0v) is 17.6. The van der Waals surface area contributed by atoms with Crippen LogP contribution in [0, 0.1) is 0 Å². The first-order valence-electron chi connectivity index (χ1n) is 10.5. The number of hydrogen-bond acceptors (Lipinski definition) is 6. The quantitative estimate of drug-likeness (QED) is 0.620. The predicted molar refractivity (Wildman–Crippen MR) is 117 cm³/mol. The van der Waals surface area contributed by atoms with Gasteiger partial charge in [0.25, 0.3) is 0 Å². The number of carbonyl (C=O) groups excluding carboxylic acids is 1. The number of amides is 1. The van der Waals surface area contributed by atoms with Gasteiger partial charge < -0.3 is 14.4 Å². The fourth-order valence-corrected chi connectivity index (χ4v) is 4.00. The lowest BCUT2D eigenvalue weighted by molar-refractivity contribution is 0.175. The van der Waals surface area contributed by atoms with Crippen molar-refractivity contribution in [2.75, 3.05) is 30.2 Å². The molecule has 1 saturated carbocycles. The van der Waals surface area contributed by atoms with E-state index in [1.54, 1.807) is 11.1 Å². The van der Waals surface area contributed by atoms with Crippen molar-refractivity contribution >= 4 is 17.5 Å². The molecule has 0 saturated heterocycles. The first kappa shape index (κ1) is 19.4. The summed E-state index contributed by atoms with van der Waals surface area (Å²) in [4.78, 5) is 20.6. The third-order valence-electron chi connectivity index (χ3n) is 5.73. The number of aromatic nitrogens is 3. The van der Waals surface area contributed by atoms with Crippen LogP contribution in [-0.2, 0) is 4.74 Å². The molecule has 1 fully saturated rings. The van der Waals surface area contributed by atoms with Crippen LogP contribution in [0.4, 0.5) is 16.2 Å². The highest BCUT2D eigenvalue weighted by atomic mass is 16.5. The maximum Gasteiger partial charge on any atom is 0.414 e. The van der Waals surface area contributed by atoms with Crippen molar-refractivity contribution in [2.45, 2.75) is 31.8 Å². The van der Waals surface area contributed by atoms with E-state index in [1.165, 1.54) is 20.0 Å². The number of carbonyl (C=O) groups is 1. The van der Waals surface area contributed by atoms with Gasteiger partial charge in [-0.25, -0.2) is 9.78 Å². The van der Waals surface area contributed by atoms with Crippen LogP contribution in [-0.4, -0.2) is 47.3 Å². The van der Waals surface area contributed by atoms with E-state index in [0.717, 1.165) is 22.5 Å². The Labute approximate surface area is 181 Å². The van der Waals surface area contributed by atoms with Crippen LogP contribution in [0.2, 0.25) is 0 Å². The lowest BCUT2D eigenvalue weighted by Crippen LogP contribution is -2.51. The van der Waals surface area contributed by atoms with Crippen molar-refractivity contribution < 1.29 is 14.3 Å². The largest absolute Gasteiger partial charge is 0.456 e. The summed E-state index contributed by atoms with van der Waals surface area (Å²) in [5.74, 6) is 0.564. The average molecular weight is 419 g/mol. The molecule has 0 radical (unpaired) electrons. The Balaban J connectivity index is 1.49. The molecule has 1 aromatic carbocycles. The molecule has 2 aliphatic rings. The van der Waals surface area contributed by atoms with Crippen molar-refractivity contribution in [3.63, 3.8) is 0 Å². The zero-order valence-electron chi connectivity index (χ0n) is 17.6. The molecule has 3 heterocycles. The number of nitrogens with zero attached hydrogens (tertiary/aromatic N) is 5. The lowest BCUT2D eigenvalue weighted by atomic mass is 10.0. The number of hydrogen-bond donors (Lipinski definition) is 0. The molecule has 1 aliphatic heterocycles. The van der Waals surface area contributed by atoms with E-state index < -0.39 is 0 Å². The zero-order chi connectivity index (χ0) is 21.4. The fourth-order valence-electron chi connectivity index (χ4n) is 4.00. The molecule has 160 valence electrons. The molecule has 3 aromatic rings. The average Bonchev–Trinajstić information content (AvgIpc) is 3.54. The Morgan fingerprint density at radius 1 is 1.16 bits per heavy atom. The van der Waals surface area contributed by atoms with Crippen LogP contribution >= 0.6 is 0 Å². The summed E-state index contributed by atoms with van der Waals surface area (Å²) >= 11 is 0. The van der Waals surface area contributed by atoms with E-state index in [-0.39, 0.29) is 12.1 Å². The molecule has 5 rings (SSSR count). The van der Waals surface area contributed by atoms with Crippen LogP contribution in [0.15, 0.2) is 55.0 Å². The van der Waals surface area contributed by atoms with Gasteiger partial charge in [-0.05, 0) is 43.5 Å². The molecule has 0 bridgehead atoms. The van der Waals surface area contributed by atoms with Crippen LogP contribution < -0.4 is 14.5 Å². The highest BCUT2D eigenvalue weighted by molar-refractivity contribution is 5.95. The number of anilines is 2. The minimum absolute atomic E-state index is 0.0734. The van der Waals surface area contributed by atoms with Crippen molar-refractivity contribution in [3.8, 4) is 17.0 Å². The summed E-state index contributed by atoms with van der Waals surface area (Å²) in [5.41, 5.74) is 3.82. The van der Waals surface area contributed by atoms with Gasteiger partial charge in [0, 0.05) is 30.6 Å². The molecular formula is C23H25N5O3. The number of pyridine rings is 1. The molecule has 1 aliphatic carbocycles. The summed E-state index contributed by atoms with van der Waals surface area (Å²) in [7, 11) is 1.41. The van der Waals surface area contributed by atoms with Crippen LogP contribution in [0.5, 0.6) is 5.88 Å². The van der Waals surface area contributed by atoms with Crippen LogP contribution in [0.25, 0.3) is 11.1 Å².